The molecule has 1 aromatic carbocycles. The number of pyridine rings is 1. The second-order valence-electron chi connectivity index (χ2n) is 6.21. The number of fused-ring (bicyclic) bond motifs is 3. The first-order valence-corrected chi connectivity index (χ1v) is 7.24. The van der Waals surface area contributed by atoms with E-state index >= 15 is 0 Å². The minimum atomic E-state index is -0.570. The molecule has 0 saturated carbocycles. The number of ether oxygens (including phenoxy) is 1. The van der Waals surface area contributed by atoms with Gasteiger partial charge in [0.1, 0.15) is 11.4 Å². The van der Waals surface area contributed by atoms with Crippen molar-refractivity contribution in [3.8, 4) is 5.75 Å². The van der Waals surface area contributed by atoms with Crippen molar-refractivity contribution < 1.29 is 4.74 Å². The molecule has 2 heterocycles. The SMILES string of the molecule is Cc1cc2c3c(cc(C)c2[nH]c1=O)C(C)C(C)(CN=[N+]=[N-])O3. The van der Waals surface area contributed by atoms with Crippen LogP contribution in [-0.4, -0.2) is 17.1 Å². The second-order valence-corrected chi connectivity index (χ2v) is 6.21. The largest absolute Gasteiger partial charge is 0.486 e. The van der Waals surface area contributed by atoms with Crippen LogP contribution in [0.4, 0.5) is 0 Å². The van der Waals surface area contributed by atoms with Crippen molar-refractivity contribution in [2.45, 2.75) is 39.2 Å². The molecular formula is C16H18N4O2. The van der Waals surface area contributed by atoms with Crippen molar-refractivity contribution in [3.63, 3.8) is 0 Å². The zero-order chi connectivity index (χ0) is 16.1. The predicted molar refractivity (Wildman–Crippen MR) is 85.5 cm³/mol. The lowest BCUT2D eigenvalue weighted by Crippen LogP contribution is -2.36. The first kappa shape index (κ1) is 14.5. The molecule has 1 aliphatic rings. The van der Waals surface area contributed by atoms with E-state index in [1.54, 1.807) is 6.92 Å². The smallest absolute Gasteiger partial charge is 0.251 e. The van der Waals surface area contributed by atoms with Crippen LogP contribution in [0.3, 0.4) is 0 Å². The molecule has 6 heteroatoms. The van der Waals surface area contributed by atoms with Gasteiger partial charge in [0.15, 0.2) is 0 Å². The maximum atomic E-state index is 11.9. The van der Waals surface area contributed by atoms with Crippen LogP contribution in [0.1, 0.15) is 36.5 Å². The maximum Gasteiger partial charge on any atom is 0.251 e. The number of benzene rings is 1. The molecule has 6 nitrogen and oxygen atoms in total. The standard InChI is InChI=1S/C16H18N4O2/c1-8-5-11-10(3)16(4,7-18-20-17)22-14(11)12-6-9(2)15(21)19-13(8)12/h5-6,10H,7H2,1-4H3,(H,19,21). The van der Waals surface area contributed by atoms with E-state index in [9.17, 15) is 4.79 Å². The fourth-order valence-corrected chi connectivity index (χ4v) is 3.08. The maximum absolute atomic E-state index is 11.9. The van der Waals surface area contributed by atoms with Crippen LogP contribution in [-0.2, 0) is 0 Å². The Hall–Kier alpha value is -2.46. The third-order valence-corrected chi connectivity index (χ3v) is 4.67. The first-order valence-electron chi connectivity index (χ1n) is 7.24. The van der Waals surface area contributed by atoms with E-state index in [1.165, 1.54) is 0 Å². The van der Waals surface area contributed by atoms with Gasteiger partial charge in [-0.25, -0.2) is 0 Å². The van der Waals surface area contributed by atoms with E-state index in [2.05, 4.69) is 28.0 Å². The Bertz CT molecular complexity index is 880. The fourth-order valence-electron chi connectivity index (χ4n) is 3.08. The van der Waals surface area contributed by atoms with Crippen molar-refractivity contribution in [2.24, 2.45) is 5.11 Å². The van der Waals surface area contributed by atoms with Crippen LogP contribution < -0.4 is 10.3 Å². The lowest BCUT2D eigenvalue weighted by atomic mass is 9.86. The van der Waals surface area contributed by atoms with Gasteiger partial charge in [0.05, 0.1) is 12.1 Å². The summed E-state index contributed by atoms with van der Waals surface area (Å²) in [7, 11) is 0. The Morgan fingerprint density at radius 3 is 2.82 bits per heavy atom. The third kappa shape index (κ3) is 1.96. The van der Waals surface area contributed by atoms with Gasteiger partial charge in [-0.1, -0.05) is 12.0 Å². The molecule has 0 spiro atoms. The number of nitrogens with one attached hydrogen (secondary N) is 1. The minimum absolute atomic E-state index is 0.0848. The summed E-state index contributed by atoms with van der Waals surface area (Å²) >= 11 is 0. The highest BCUT2D eigenvalue weighted by Crippen LogP contribution is 2.48. The first-order chi connectivity index (χ1) is 10.4. The highest BCUT2D eigenvalue weighted by molar-refractivity contribution is 5.90. The molecule has 22 heavy (non-hydrogen) atoms. The molecule has 114 valence electrons. The van der Waals surface area contributed by atoms with E-state index in [0.717, 1.165) is 27.8 Å². The summed E-state index contributed by atoms with van der Waals surface area (Å²) in [6.45, 7) is 8.05. The highest BCUT2D eigenvalue weighted by Gasteiger charge is 2.42. The van der Waals surface area contributed by atoms with Gasteiger partial charge in [0.25, 0.3) is 5.56 Å². The summed E-state index contributed by atoms with van der Waals surface area (Å²) in [4.78, 5) is 17.6. The van der Waals surface area contributed by atoms with Crippen LogP contribution in [0, 0.1) is 13.8 Å². The zero-order valence-electron chi connectivity index (χ0n) is 13.1. The van der Waals surface area contributed by atoms with Gasteiger partial charge in [0.2, 0.25) is 0 Å². The van der Waals surface area contributed by atoms with Gasteiger partial charge in [-0.3, -0.25) is 4.79 Å². The monoisotopic (exact) mass is 298 g/mol. The van der Waals surface area contributed by atoms with Crippen LogP contribution in [0.2, 0.25) is 0 Å². The number of hydrogen-bond donors (Lipinski definition) is 1. The predicted octanol–water partition coefficient (Wildman–Crippen LogP) is 3.71. The van der Waals surface area contributed by atoms with Crippen LogP contribution in [0.15, 0.2) is 22.0 Å². The Balaban J connectivity index is 2.27. The quantitative estimate of drug-likeness (QED) is 0.520. The lowest BCUT2D eigenvalue weighted by molar-refractivity contribution is 0.105. The van der Waals surface area contributed by atoms with Gasteiger partial charge < -0.3 is 9.72 Å². The van der Waals surface area contributed by atoms with Crippen molar-refractivity contribution in [3.05, 3.63) is 49.6 Å². The topological polar surface area (TPSA) is 90.9 Å². The van der Waals surface area contributed by atoms with E-state index in [1.807, 2.05) is 19.9 Å². The van der Waals surface area contributed by atoms with Crippen LogP contribution in [0.5, 0.6) is 5.75 Å². The van der Waals surface area contributed by atoms with E-state index in [4.69, 9.17) is 10.3 Å². The van der Waals surface area contributed by atoms with Gasteiger partial charge in [-0.05, 0) is 44.0 Å². The van der Waals surface area contributed by atoms with Crippen LogP contribution >= 0.6 is 0 Å². The number of rotatable bonds is 2. The van der Waals surface area contributed by atoms with E-state index < -0.39 is 5.60 Å². The lowest BCUT2D eigenvalue weighted by Gasteiger charge is -2.26. The summed E-state index contributed by atoms with van der Waals surface area (Å²) < 4.78 is 6.19. The molecule has 0 fully saturated rings. The molecular weight excluding hydrogens is 280 g/mol. The average molecular weight is 298 g/mol. The minimum Gasteiger partial charge on any atom is -0.486 e. The fraction of sp³-hybridized carbons (Fsp3) is 0.438. The Morgan fingerprint density at radius 1 is 1.41 bits per heavy atom. The third-order valence-electron chi connectivity index (χ3n) is 4.67. The number of aryl methyl sites for hydroxylation is 2. The Morgan fingerprint density at radius 2 is 2.14 bits per heavy atom. The second kappa shape index (κ2) is 4.78. The molecule has 1 aliphatic heterocycles. The normalized spacial score (nSPS) is 23.0. The van der Waals surface area contributed by atoms with Crippen molar-refractivity contribution >= 4 is 10.9 Å². The average Bonchev–Trinajstić information content (AvgIpc) is 2.73. The molecule has 0 aliphatic carbocycles. The number of hydrogen-bond acceptors (Lipinski definition) is 3. The van der Waals surface area contributed by atoms with Crippen molar-refractivity contribution in [2.75, 3.05) is 6.54 Å². The molecule has 1 aromatic heterocycles. The van der Waals surface area contributed by atoms with Gasteiger partial charge >= 0.3 is 0 Å². The van der Waals surface area contributed by atoms with E-state index in [0.29, 0.717) is 5.56 Å². The number of H-pyrrole nitrogens is 1. The van der Waals surface area contributed by atoms with Crippen molar-refractivity contribution in [1.82, 2.24) is 4.98 Å². The number of nitrogens with zero attached hydrogens (tertiary/aromatic N) is 3. The molecule has 0 saturated heterocycles. The Labute approximate surface area is 127 Å². The summed E-state index contributed by atoms with van der Waals surface area (Å²) in [6.07, 6.45) is 0. The number of aromatic nitrogens is 1. The van der Waals surface area contributed by atoms with Crippen molar-refractivity contribution in [1.29, 1.82) is 0 Å². The van der Waals surface area contributed by atoms with Crippen LogP contribution in [0.25, 0.3) is 21.3 Å². The molecule has 2 unspecified atom stereocenters. The molecule has 0 amide bonds. The molecule has 3 rings (SSSR count). The van der Waals surface area contributed by atoms with E-state index in [-0.39, 0.29) is 18.0 Å². The van der Waals surface area contributed by atoms with Gasteiger partial charge in [0, 0.05) is 27.3 Å². The summed E-state index contributed by atoms with van der Waals surface area (Å²) in [5, 5.41) is 4.60. The summed E-state index contributed by atoms with van der Waals surface area (Å²) in [6, 6.07) is 3.92. The summed E-state index contributed by atoms with van der Waals surface area (Å²) in [5.41, 5.74) is 11.5. The molecule has 0 bridgehead atoms. The Kier molecular flexibility index (Phi) is 3.15. The van der Waals surface area contributed by atoms with Gasteiger partial charge in [-0.15, -0.1) is 0 Å². The van der Waals surface area contributed by atoms with Gasteiger partial charge in [-0.2, -0.15) is 0 Å². The molecule has 0 radical (unpaired) electrons. The molecule has 1 N–H and O–H groups in total. The molecule has 2 aromatic rings. The summed E-state index contributed by atoms with van der Waals surface area (Å²) in [5.74, 6) is 0.881. The number of azide groups is 1. The zero-order valence-corrected chi connectivity index (χ0v) is 13.1. The molecule has 2 atom stereocenters. The number of aromatic amines is 1. The highest BCUT2D eigenvalue weighted by atomic mass is 16.5.